The molecule has 0 amide bonds. The highest BCUT2D eigenvalue weighted by molar-refractivity contribution is 7.89. The first-order valence-corrected chi connectivity index (χ1v) is 9.87. The summed E-state index contributed by atoms with van der Waals surface area (Å²) in [5.41, 5.74) is 2.09. The number of rotatable bonds is 5. The predicted octanol–water partition coefficient (Wildman–Crippen LogP) is 3.12. The van der Waals surface area contributed by atoms with Crippen LogP contribution in [0, 0.1) is 13.8 Å². The SMILES string of the molecule is COc1cc(C)c(S(=O)(=O)N[C@H](C)c2ccc3c(c2)OCCO3)c(C)c1. The minimum absolute atomic E-state index is 0.280. The number of fused-ring (bicyclic) bond motifs is 1. The molecule has 26 heavy (non-hydrogen) atoms. The molecule has 0 bridgehead atoms. The molecule has 1 aliphatic heterocycles. The maximum absolute atomic E-state index is 12.9. The van der Waals surface area contributed by atoms with Gasteiger partial charge >= 0.3 is 0 Å². The van der Waals surface area contributed by atoms with Crippen molar-refractivity contribution in [3.8, 4) is 17.2 Å². The van der Waals surface area contributed by atoms with Crippen molar-refractivity contribution in [1.29, 1.82) is 0 Å². The Morgan fingerprint density at radius 1 is 1.04 bits per heavy atom. The molecule has 3 rings (SSSR count). The normalized spacial score (nSPS) is 14.8. The van der Waals surface area contributed by atoms with Gasteiger partial charge in [-0.25, -0.2) is 13.1 Å². The van der Waals surface area contributed by atoms with E-state index in [-0.39, 0.29) is 4.90 Å². The summed E-state index contributed by atoms with van der Waals surface area (Å²) in [7, 11) is -2.13. The molecule has 1 atom stereocenters. The Hall–Kier alpha value is -2.25. The van der Waals surface area contributed by atoms with Crippen molar-refractivity contribution in [2.75, 3.05) is 20.3 Å². The van der Waals surface area contributed by atoms with Gasteiger partial charge in [0.1, 0.15) is 19.0 Å². The lowest BCUT2D eigenvalue weighted by atomic mass is 10.1. The molecule has 0 fully saturated rings. The molecule has 0 spiro atoms. The van der Waals surface area contributed by atoms with Gasteiger partial charge in [-0.3, -0.25) is 0 Å². The molecule has 0 unspecified atom stereocenters. The number of hydrogen-bond acceptors (Lipinski definition) is 5. The van der Waals surface area contributed by atoms with E-state index in [4.69, 9.17) is 14.2 Å². The molecule has 0 saturated heterocycles. The van der Waals surface area contributed by atoms with E-state index >= 15 is 0 Å². The van der Waals surface area contributed by atoms with Gasteiger partial charge in [0, 0.05) is 6.04 Å². The molecule has 0 aromatic heterocycles. The first-order chi connectivity index (χ1) is 12.3. The summed E-state index contributed by atoms with van der Waals surface area (Å²) in [6, 6.07) is 8.48. The minimum Gasteiger partial charge on any atom is -0.497 e. The summed E-state index contributed by atoms with van der Waals surface area (Å²) in [5, 5.41) is 0. The highest BCUT2D eigenvalue weighted by Gasteiger charge is 2.24. The molecule has 140 valence electrons. The minimum atomic E-state index is -3.69. The number of nitrogens with one attached hydrogen (secondary N) is 1. The molecule has 1 N–H and O–H groups in total. The largest absolute Gasteiger partial charge is 0.497 e. The van der Waals surface area contributed by atoms with Crippen LogP contribution in [0.5, 0.6) is 17.2 Å². The van der Waals surface area contributed by atoms with E-state index < -0.39 is 16.1 Å². The summed E-state index contributed by atoms with van der Waals surface area (Å²) in [6.07, 6.45) is 0. The molecule has 1 heterocycles. The van der Waals surface area contributed by atoms with E-state index in [0.717, 1.165) is 5.56 Å². The smallest absolute Gasteiger partial charge is 0.241 e. The molecule has 7 heteroatoms. The molecule has 0 saturated carbocycles. The second-order valence-corrected chi connectivity index (χ2v) is 7.99. The molecule has 6 nitrogen and oxygen atoms in total. The Morgan fingerprint density at radius 3 is 2.27 bits per heavy atom. The summed E-state index contributed by atoms with van der Waals surface area (Å²) in [5.74, 6) is 1.95. The van der Waals surface area contributed by atoms with Gasteiger partial charge in [0.25, 0.3) is 0 Å². The van der Waals surface area contributed by atoms with Gasteiger partial charge in [-0.05, 0) is 61.7 Å². The number of aryl methyl sites for hydroxylation is 2. The van der Waals surface area contributed by atoms with Crippen LogP contribution in [-0.2, 0) is 10.0 Å². The number of sulfonamides is 1. The molecule has 2 aromatic rings. The maximum Gasteiger partial charge on any atom is 0.241 e. The third kappa shape index (κ3) is 3.64. The monoisotopic (exact) mass is 377 g/mol. The lowest BCUT2D eigenvalue weighted by molar-refractivity contribution is 0.171. The van der Waals surface area contributed by atoms with Gasteiger partial charge in [0.05, 0.1) is 12.0 Å². The summed E-state index contributed by atoms with van der Waals surface area (Å²) >= 11 is 0. The van der Waals surface area contributed by atoms with Crippen molar-refractivity contribution in [1.82, 2.24) is 4.72 Å². The molecular weight excluding hydrogens is 354 g/mol. The lowest BCUT2D eigenvalue weighted by Crippen LogP contribution is -2.28. The fourth-order valence-corrected chi connectivity index (χ4v) is 4.83. The van der Waals surface area contributed by atoms with E-state index in [0.29, 0.717) is 41.6 Å². The predicted molar refractivity (Wildman–Crippen MR) is 98.6 cm³/mol. The fraction of sp³-hybridized carbons (Fsp3) is 0.368. The van der Waals surface area contributed by atoms with Gasteiger partial charge < -0.3 is 14.2 Å². The Balaban J connectivity index is 1.88. The van der Waals surface area contributed by atoms with Gasteiger partial charge in [-0.1, -0.05) is 6.07 Å². The van der Waals surface area contributed by atoms with Crippen molar-refractivity contribution >= 4 is 10.0 Å². The molecular formula is C19H23NO5S. The van der Waals surface area contributed by atoms with E-state index in [1.165, 1.54) is 0 Å². The zero-order valence-electron chi connectivity index (χ0n) is 15.3. The summed E-state index contributed by atoms with van der Waals surface area (Å²) in [6.45, 7) is 6.33. The molecule has 1 aliphatic rings. The van der Waals surface area contributed by atoms with E-state index in [2.05, 4.69) is 4.72 Å². The fourth-order valence-electron chi connectivity index (χ4n) is 3.14. The van der Waals surface area contributed by atoms with E-state index in [1.54, 1.807) is 46.1 Å². The average Bonchev–Trinajstić information content (AvgIpc) is 2.59. The average molecular weight is 377 g/mol. The molecule has 0 aliphatic carbocycles. The third-order valence-electron chi connectivity index (χ3n) is 4.34. The number of benzene rings is 2. The first kappa shape index (κ1) is 18.5. The highest BCUT2D eigenvalue weighted by atomic mass is 32.2. The van der Waals surface area contributed by atoms with Crippen LogP contribution in [0.25, 0.3) is 0 Å². The van der Waals surface area contributed by atoms with Gasteiger partial charge in [-0.15, -0.1) is 0 Å². The van der Waals surface area contributed by atoms with Crippen molar-refractivity contribution < 1.29 is 22.6 Å². The van der Waals surface area contributed by atoms with Crippen molar-refractivity contribution in [3.05, 3.63) is 47.0 Å². The lowest BCUT2D eigenvalue weighted by Gasteiger charge is -2.21. The maximum atomic E-state index is 12.9. The summed E-state index contributed by atoms with van der Waals surface area (Å²) < 4.78 is 44.9. The Labute approximate surface area is 154 Å². The van der Waals surface area contributed by atoms with E-state index in [9.17, 15) is 8.42 Å². The first-order valence-electron chi connectivity index (χ1n) is 8.39. The van der Waals surface area contributed by atoms with Crippen LogP contribution in [0.15, 0.2) is 35.2 Å². The topological polar surface area (TPSA) is 73.9 Å². The highest BCUT2D eigenvalue weighted by Crippen LogP contribution is 2.33. The number of ether oxygens (including phenoxy) is 3. The number of hydrogen-bond donors (Lipinski definition) is 1. The third-order valence-corrected chi connectivity index (χ3v) is 6.18. The van der Waals surface area contributed by atoms with Crippen LogP contribution in [0.2, 0.25) is 0 Å². The van der Waals surface area contributed by atoms with Crippen molar-refractivity contribution in [2.24, 2.45) is 0 Å². The van der Waals surface area contributed by atoms with Crippen LogP contribution in [0.1, 0.15) is 29.7 Å². The number of methoxy groups -OCH3 is 1. The van der Waals surface area contributed by atoms with Crippen LogP contribution >= 0.6 is 0 Å². The standard InChI is InChI=1S/C19H23NO5S/c1-12-9-16(23-4)10-13(2)19(12)26(21,22)20-14(3)15-5-6-17-18(11-15)25-8-7-24-17/h5-6,9-11,14,20H,7-8H2,1-4H3/t14-/m1/s1. The van der Waals surface area contributed by atoms with Crippen LogP contribution in [0.3, 0.4) is 0 Å². The van der Waals surface area contributed by atoms with Gasteiger partial charge in [-0.2, -0.15) is 0 Å². The quantitative estimate of drug-likeness (QED) is 0.867. The van der Waals surface area contributed by atoms with E-state index in [1.807, 2.05) is 12.1 Å². The Morgan fingerprint density at radius 2 is 1.65 bits per heavy atom. The zero-order chi connectivity index (χ0) is 18.9. The van der Waals surface area contributed by atoms with Crippen LogP contribution in [0.4, 0.5) is 0 Å². The van der Waals surface area contributed by atoms with Crippen molar-refractivity contribution in [3.63, 3.8) is 0 Å². The second-order valence-electron chi connectivity index (χ2n) is 6.34. The summed E-state index contributed by atoms with van der Waals surface area (Å²) in [4.78, 5) is 0.280. The van der Waals surface area contributed by atoms with Crippen LogP contribution in [-0.4, -0.2) is 28.7 Å². The van der Waals surface area contributed by atoms with Crippen molar-refractivity contribution in [2.45, 2.75) is 31.7 Å². The Kier molecular flexibility index (Phi) is 5.11. The molecule has 2 aromatic carbocycles. The van der Waals surface area contributed by atoms with Gasteiger partial charge in [0.15, 0.2) is 11.5 Å². The zero-order valence-corrected chi connectivity index (χ0v) is 16.1. The second kappa shape index (κ2) is 7.17. The van der Waals surface area contributed by atoms with Gasteiger partial charge in [0.2, 0.25) is 10.0 Å². The molecule has 0 radical (unpaired) electrons. The Bertz CT molecular complexity index is 901. The van der Waals surface area contributed by atoms with Crippen LogP contribution < -0.4 is 18.9 Å².